The number of rotatable bonds is 9. The normalized spacial score (nSPS) is 20.0. The lowest BCUT2D eigenvalue weighted by atomic mass is 9.98. The fourth-order valence-electron chi connectivity index (χ4n) is 5.25. The Morgan fingerprint density at radius 3 is 2.60 bits per heavy atom. The van der Waals surface area contributed by atoms with Crippen molar-refractivity contribution in [3.05, 3.63) is 59.7 Å². The number of amides is 3. The summed E-state index contributed by atoms with van der Waals surface area (Å²) in [4.78, 5) is 44.3. The van der Waals surface area contributed by atoms with Crippen molar-refractivity contribution in [3.8, 4) is 5.75 Å². The molecule has 1 N–H and O–H groups in total. The molecule has 0 aliphatic carbocycles. The Balaban J connectivity index is 1.38. The van der Waals surface area contributed by atoms with Gasteiger partial charge in [0.05, 0.1) is 24.4 Å². The average molecular weight is 479 g/mol. The van der Waals surface area contributed by atoms with E-state index in [4.69, 9.17) is 4.74 Å². The van der Waals surface area contributed by atoms with Gasteiger partial charge in [-0.15, -0.1) is 0 Å². The van der Waals surface area contributed by atoms with Crippen LogP contribution in [-0.4, -0.2) is 67.5 Å². The van der Waals surface area contributed by atoms with Gasteiger partial charge in [0, 0.05) is 31.5 Å². The Kier molecular flexibility index (Phi) is 7.12. The second-order valence-corrected chi connectivity index (χ2v) is 9.55. The number of carbonyl (C=O) groups excluding carboxylic acids is 3. The summed E-state index contributed by atoms with van der Waals surface area (Å²) < 4.78 is 5.50. The molecule has 2 aromatic rings. The number of likely N-dealkylation sites (N-methyl/N-ethyl adjacent to an activating group) is 1. The first-order chi connectivity index (χ1) is 16.8. The first-order valence-electron chi connectivity index (χ1n) is 12.1. The Morgan fingerprint density at radius 2 is 1.86 bits per heavy atom. The van der Waals surface area contributed by atoms with Gasteiger partial charge in [-0.1, -0.05) is 30.3 Å². The molecule has 1 fully saturated rings. The highest BCUT2D eigenvalue weighted by atomic mass is 16.5. The van der Waals surface area contributed by atoms with Gasteiger partial charge in [0.1, 0.15) is 11.4 Å². The van der Waals surface area contributed by atoms with E-state index >= 15 is 0 Å². The zero-order valence-corrected chi connectivity index (χ0v) is 20.9. The molecule has 8 heteroatoms. The molecule has 2 aliphatic rings. The second kappa shape index (κ2) is 10.1. The highest BCUT2D eigenvalue weighted by Crippen LogP contribution is 2.44. The van der Waals surface area contributed by atoms with Crippen molar-refractivity contribution in [2.45, 2.75) is 44.3 Å². The maximum atomic E-state index is 13.3. The van der Waals surface area contributed by atoms with Gasteiger partial charge < -0.3 is 19.9 Å². The van der Waals surface area contributed by atoms with Gasteiger partial charge in [-0.25, -0.2) is 0 Å². The fraction of sp³-hybridized carbons (Fsp3) is 0.444. The third-order valence-electron chi connectivity index (χ3n) is 7.15. The van der Waals surface area contributed by atoms with Crippen LogP contribution in [-0.2, 0) is 9.59 Å². The molecule has 8 nitrogen and oxygen atoms in total. The minimum Gasteiger partial charge on any atom is -0.496 e. The SMILES string of the molecule is COc1ccccc1C(CNC(=O)CCCN1C(=O)c2ccccc2N2C(=O)CCC12C)N(C)C. The Labute approximate surface area is 206 Å². The molecule has 0 bridgehead atoms. The van der Waals surface area contributed by atoms with Crippen LogP contribution in [0.3, 0.4) is 0 Å². The van der Waals surface area contributed by atoms with Gasteiger partial charge >= 0.3 is 0 Å². The molecule has 186 valence electrons. The quantitative estimate of drug-likeness (QED) is 0.599. The van der Waals surface area contributed by atoms with E-state index in [-0.39, 0.29) is 23.8 Å². The molecule has 2 unspecified atom stereocenters. The van der Waals surface area contributed by atoms with Crippen LogP contribution in [0, 0.1) is 0 Å². The van der Waals surface area contributed by atoms with Gasteiger partial charge in [0.2, 0.25) is 11.8 Å². The van der Waals surface area contributed by atoms with E-state index in [1.165, 1.54) is 0 Å². The van der Waals surface area contributed by atoms with Crippen LogP contribution in [0.4, 0.5) is 5.69 Å². The Hall–Kier alpha value is -3.39. The molecule has 1 saturated heterocycles. The highest BCUT2D eigenvalue weighted by molar-refractivity contribution is 6.10. The molecule has 3 amide bonds. The van der Waals surface area contributed by atoms with Crippen LogP contribution < -0.4 is 15.0 Å². The molecular weight excluding hydrogens is 444 g/mol. The minimum atomic E-state index is -0.696. The van der Waals surface area contributed by atoms with E-state index < -0.39 is 5.66 Å². The van der Waals surface area contributed by atoms with Crippen molar-refractivity contribution in [1.82, 2.24) is 15.1 Å². The standard InChI is InChI=1S/C27H34N4O4/c1-27-16-15-25(33)31(27)21-12-7-5-11-20(21)26(34)30(27)17-9-14-24(32)28-18-22(29(2)3)19-10-6-8-13-23(19)35-4/h5-8,10-13,22H,9,14-18H2,1-4H3,(H,28,32). The largest absolute Gasteiger partial charge is 0.496 e. The maximum absolute atomic E-state index is 13.3. The van der Waals surface area contributed by atoms with Crippen molar-refractivity contribution < 1.29 is 19.1 Å². The molecule has 0 saturated carbocycles. The molecule has 0 aromatic heterocycles. The van der Waals surface area contributed by atoms with Crippen LogP contribution in [0.15, 0.2) is 48.5 Å². The smallest absolute Gasteiger partial charge is 0.257 e. The van der Waals surface area contributed by atoms with Crippen LogP contribution in [0.25, 0.3) is 0 Å². The number of hydrogen-bond donors (Lipinski definition) is 1. The summed E-state index contributed by atoms with van der Waals surface area (Å²) in [5.74, 6) is 0.661. The number of methoxy groups -OCH3 is 1. The third kappa shape index (κ3) is 4.62. The maximum Gasteiger partial charge on any atom is 0.257 e. The van der Waals surface area contributed by atoms with Crippen molar-refractivity contribution >= 4 is 23.4 Å². The predicted molar refractivity (Wildman–Crippen MR) is 134 cm³/mol. The molecule has 2 atom stereocenters. The van der Waals surface area contributed by atoms with Crippen LogP contribution >= 0.6 is 0 Å². The molecule has 2 aliphatic heterocycles. The number of hydrogen-bond acceptors (Lipinski definition) is 5. The summed E-state index contributed by atoms with van der Waals surface area (Å²) in [6.07, 6.45) is 1.80. The second-order valence-electron chi connectivity index (χ2n) is 9.55. The zero-order chi connectivity index (χ0) is 25.2. The number of fused-ring (bicyclic) bond motifs is 3. The minimum absolute atomic E-state index is 0.0289. The van der Waals surface area contributed by atoms with Crippen molar-refractivity contribution in [2.75, 3.05) is 39.2 Å². The molecule has 35 heavy (non-hydrogen) atoms. The summed E-state index contributed by atoms with van der Waals surface area (Å²) in [6, 6.07) is 15.0. The fourth-order valence-corrected chi connectivity index (χ4v) is 5.25. The van der Waals surface area contributed by atoms with Crippen LogP contribution in [0.2, 0.25) is 0 Å². The van der Waals surface area contributed by atoms with E-state index in [0.717, 1.165) is 11.3 Å². The Morgan fingerprint density at radius 1 is 1.14 bits per heavy atom. The molecular formula is C27H34N4O4. The summed E-state index contributed by atoms with van der Waals surface area (Å²) in [6.45, 7) is 2.80. The monoisotopic (exact) mass is 478 g/mol. The highest BCUT2D eigenvalue weighted by Gasteiger charge is 2.52. The van der Waals surface area contributed by atoms with E-state index in [1.54, 1.807) is 23.0 Å². The average Bonchev–Trinajstić information content (AvgIpc) is 3.16. The summed E-state index contributed by atoms with van der Waals surface area (Å²) in [5, 5.41) is 3.04. The van der Waals surface area contributed by atoms with Gasteiger partial charge in [-0.3, -0.25) is 19.3 Å². The van der Waals surface area contributed by atoms with Crippen LogP contribution in [0.1, 0.15) is 54.6 Å². The summed E-state index contributed by atoms with van der Waals surface area (Å²) in [7, 11) is 5.58. The number of ether oxygens (including phenoxy) is 1. The van der Waals surface area contributed by atoms with Crippen molar-refractivity contribution in [2.24, 2.45) is 0 Å². The molecule has 2 heterocycles. The lowest BCUT2D eigenvalue weighted by Crippen LogP contribution is -2.62. The number of carbonyl (C=O) groups is 3. The number of nitrogens with zero attached hydrogens (tertiary/aromatic N) is 3. The van der Waals surface area contributed by atoms with E-state index in [0.29, 0.717) is 50.0 Å². The van der Waals surface area contributed by atoms with E-state index in [9.17, 15) is 14.4 Å². The predicted octanol–water partition coefficient (Wildman–Crippen LogP) is 3.19. The zero-order valence-electron chi connectivity index (χ0n) is 20.9. The van der Waals surface area contributed by atoms with Gasteiger partial charge in [0.25, 0.3) is 5.91 Å². The van der Waals surface area contributed by atoms with Crippen molar-refractivity contribution in [1.29, 1.82) is 0 Å². The third-order valence-corrected chi connectivity index (χ3v) is 7.15. The van der Waals surface area contributed by atoms with Gasteiger partial charge in [-0.2, -0.15) is 0 Å². The van der Waals surface area contributed by atoms with E-state index in [2.05, 4.69) is 10.2 Å². The summed E-state index contributed by atoms with van der Waals surface area (Å²) >= 11 is 0. The number of nitrogens with one attached hydrogen (secondary N) is 1. The van der Waals surface area contributed by atoms with Crippen LogP contribution in [0.5, 0.6) is 5.75 Å². The lowest BCUT2D eigenvalue weighted by molar-refractivity contribution is -0.121. The molecule has 2 aromatic carbocycles. The molecule has 0 radical (unpaired) electrons. The first-order valence-corrected chi connectivity index (χ1v) is 12.1. The topological polar surface area (TPSA) is 82.2 Å². The van der Waals surface area contributed by atoms with Crippen molar-refractivity contribution in [3.63, 3.8) is 0 Å². The van der Waals surface area contributed by atoms with E-state index in [1.807, 2.05) is 63.5 Å². The Bertz CT molecular complexity index is 1120. The number of para-hydroxylation sites is 2. The van der Waals surface area contributed by atoms with Gasteiger partial charge in [-0.05, 0) is 52.1 Å². The number of benzene rings is 2. The summed E-state index contributed by atoms with van der Waals surface area (Å²) in [5.41, 5.74) is 1.54. The molecule has 4 rings (SSSR count). The van der Waals surface area contributed by atoms with Gasteiger partial charge in [0.15, 0.2) is 0 Å². The lowest BCUT2D eigenvalue weighted by Gasteiger charge is -2.48. The number of anilines is 1. The first kappa shape index (κ1) is 24.7. The molecule has 0 spiro atoms.